The molecule has 0 fully saturated rings. The zero-order chi connectivity index (χ0) is 25.9. The largest absolute Gasteiger partial charge is 0.453 e. The van der Waals surface area contributed by atoms with Crippen molar-refractivity contribution in [2.75, 3.05) is 0 Å². The summed E-state index contributed by atoms with van der Waals surface area (Å²) in [5.74, 6) is 2.12. The number of benzene rings is 3. The van der Waals surface area contributed by atoms with E-state index in [4.69, 9.17) is 13.8 Å². The van der Waals surface area contributed by atoms with Gasteiger partial charge >= 0.3 is 0 Å². The molecular formula is C34H33NO2. The summed E-state index contributed by atoms with van der Waals surface area (Å²) in [6, 6.07) is 23.7. The average Bonchev–Trinajstić information content (AvgIpc) is 3.43. The third-order valence-corrected chi connectivity index (χ3v) is 7.25. The Hall–Kier alpha value is -3.85. The minimum Gasteiger partial charge on any atom is -0.453 e. The van der Waals surface area contributed by atoms with Crippen LogP contribution in [0.3, 0.4) is 0 Å². The van der Waals surface area contributed by atoms with Crippen LogP contribution in [0.5, 0.6) is 0 Å². The highest BCUT2D eigenvalue weighted by Crippen LogP contribution is 2.41. The summed E-state index contributed by atoms with van der Waals surface area (Å²) in [5, 5.41) is 4.64. The lowest BCUT2D eigenvalue weighted by atomic mass is 9.82. The number of fused-ring (bicyclic) bond motifs is 3. The number of aromatic nitrogens is 1. The summed E-state index contributed by atoms with van der Waals surface area (Å²) in [4.78, 5) is 4.81. The lowest BCUT2D eigenvalue weighted by Gasteiger charge is -2.22. The molecule has 0 aliphatic carbocycles. The first kappa shape index (κ1) is 23.5. The van der Waals surface area contributed by atoms with Crippen LogP contribution in [0.1, 0.15) is 51.3 Å². The van der Waals surface area contributed by atoms with Crippen molar-refractivity contribution in [2.45, 2.75) is 53.4 Å². The topological polar surface area (TPSA) is 39.2 Å². The zero-order valence-electron chi connectivity index (χ0n) is 22.5. The average molecular weight is 488 g/mol. The maximum absolute atomic E-state index is 6.58. The molecule has 0 spiro atoms. The maximum Gasteiger partial charge on any atom is 0.173 e. The van der Waals surface area contributed by atoms with Crippen molar-refractivity contribution in [3.8, 4) is 22.8 Å². The van der Waals surface area contributed by atoms with Crippen molar-refractivity contribution in [1.29, 1.82) is 0 Å². The Morgan fingerprint density at radius 2 is 1.65 bits per heavy atom. The second-order valence-electron chi connectivity index (χ2n) is 11.7. The van der Waals surface area contributed by atoms with Crippen molar-refractivity contribution in [3.05, 3.63) is 89.6 Å². The molecule has 3 heterocycles. The Bertz CT molecular complexity index is 1780. The van der Waals surface area contributed by atoms with Crippen LogP contribution in [0.25, 0.3) is 55.5 Å². The molecule has 0 unspecified atom stereocenters. The van der Waals surface area contributed by atoms with Crippen LogP contribution < -0.4 is 0 Å². The van der Waals surface area contributed by atoms with Gasteiger partial charge in [-0.1, -0.05) is 71.0 Å². The third-order valence-electron chi connectivity index (χ3n) is 7.25. The number of rotatable bonds is 4. The summed E-state index contributed by atoms with van der Waals surface area (Å²) in [6.07, 6.45) is 2.92. The maximum atomic E-state index is 6.58. The van der Waals surface area contributed by atoms with Crippen LogP contribution in [-0.4, -0.2) is 4.98 Å². The molecule has 0 atom stereocenters. The lowest BCUT2D eigenvalue weighted by molar-refractivity contribution is 0.566. The number of pyridine rings is 1. The highest BCUT2D eigenvalue weighted by atomic mass is 16.4. The van der Waals surface area contributed by atoms with Gasteiger partial charge in [0.1, 0.15) is 11.3 Å². The molecule has 6 aromatic rings. The van der Waals surface area contributed by atoms with Crippen molar-refractivity contribution in [2.24, 2.45) is 5.92 Å². The fraction of sp³-hybridized carbons (Fsp3) is 0.265. The molecule has 0 aliphatic heterocycles. The predicted molar refractivity (Wildman–Crippen MR) is 154 cm³/mol. The van der Waals surface area contributed by atoms with E-state index in [0.29, 0.717) is 5.92 Å². The molecule has 0 amide bonds. The minimum atomic E-state index is -0.00352. The van der Waals surface area contributed by atoms with Crippen molar-refractivity contribution in [3.63, 3.8) is 0 Å². The first-order valence-corrected chi connectivity index (χ1v) is 13.1. The van der Waals surface area contributed by atoms with E-state index in [1.807, 2.05) is 12.3 Å². The van der Waals surface area contributed by atoms with E-state index in [-0.39, 0.29) is 5.41 Å². The van der Waals surface area contributed by atoms with Gasteiger partial charge in [-0.3, -0.25) is 4.98 Å². The molecule has 0 N–H and O–H groups in total. The lowest BCUT2D eigenvalue weighted by Crippen LogP contribution is -2.12. The summed E-state index contributed by atoms with van der Waals surface area (Å²) in [5.41, 5.74) is 7.28. The molecule has 3 nitrogen and oxygen atoms in total. The first-order valence-electron chi connectivity index (χ1n) is 13.1. The number of hydrogen-bond donors (Lipinski definition) is 0. The zero-order valence-corrected chi connectivity index (χ0v) is 22.5. The molecule has 3 heteroatoms. The van der Waals surface area contributed by atoms with E-state index in [0.717, 1.165) is 56.7 Å². The highest BCUT2D eigenvalue weighted by Gasteiger charge is 2.22. The molecule has 0 bridgehead atoms. The second kappa shape index (κ2) is 8.62. The molecule has 3 aromatic carbocycles. The van der Waals surface area contributed by atoms with E-state index < -0.39 is 0 Å². The fourth-order valence-electron chi connectivity index (χ4n) is 5.44. The van der Waals surface area contributed by atoms with E-state index in [9.17, 15) is 0 Å². The summed E-state index contributed by atoms with van der Waals surface area (Å²) in [6.45, 7) is 13.4. The Balaban J connectivity index is 1.52. The number of furan rings is 2. The summed E-state index contributed by atoms with van der Waals surface area (Å²) in [7, 11) is 0. The van der Waals surface area contributed by atoms with Gasteiger partial charge in [0.15, 0.2) is 17.1 Å². The quantitative estimate of drug-likeness (QED) is 0.248. The molecule has 0 aliphatic rings. The van der Waals surface area contributed by atoms with E-state index >= 15 is 0 Å². The van der Waals surface area contributed by atoms with Crippen LogP contribution in [0.15, 0.2) is 81.8 Å². The second-order valence-corrected chi connectivity index (χ2v) is 11.7. The standard InChI is InChI=1S/C34H33NO2/c1-20(2)15-22-11-12-24-19-30(36-29(24)16-22)32-21(3)26-13-14-35-31(33(26)37-32)25-17-23-9-7-8-10-27(23)28(18-25)34(4,5)6/h7-14,16-20H,15H2,1-6H3. The highest BCUT2D eigenvalue weighted by molar-refractivity contribution is 5.99. The Morgan fingerprint density at radius 3 is 2.43 bits per heavy atom. The normalized spacial score (nSPS) is 12.4. The van der Waals surface area contributed by atoms with Crippen molar-refractivity contribution in [1.82, 2.24) is 4.98 Å². The Labute approximate surface area is 218 Å². The predicted octanol–water partition coefficient (Wildman–Crippen LogP) is 9.87. The summed E-state index contributed by atoms with van der Waals surface area (Å²) >= 11 is 0. The molecule has 0 saturated heterocycles. The molecule has 3 aromatic heterocycles. The number of hydrogen-bond acceptors (Lipinski definition) is 3. The number of aryl methyl sites for hydroxylation is 1. The Kier molecular flexibility index (Phi) is 5.49. The van der Waals surface area contributed by atoms with Gasteiger partial charge in [0.25, 0.3) is 0 Å². The number of nitrogens with zero attached hydrogens (tertiary/aromatic N) is 1. The van der Waals surface area contributed by atoms with Crippen LogP contribution in [0.2, 0.25) is 0 Å². The van der Waals surface area contributed by atoms with Gasteiger partial charge in [-0.15, -0.1) is 0 Å². The van der Waals surface area contributed by atoms with E-state index in [1.165, 1.54) is 21.9 Å². The van der Waals surface area contributed by atoms with E-state index in [2.05, 4.69) is 102 Å². The van der Waals surface area contributed by atoms with Gasteiger partial charge in [-0.05, 0) is 76.9 Å². The minimum absolute atomic E-state index is 0.00352. The van der Waals surface area contributed by atoms with E-state index in [1.54, 1.807) is 0 Å². The molecule has 37 heavy (non-hydrogen) atoms. The van der Waals surface area contributed by atoms with Crippen LogP contribution in [0.4, 0.5) is 0 Å². The smallest absolute Gasteiger partial charge is 0.173 e. The third kappa shape index (κ3) is 4.13. The molecule has 6 rings (SSSR count). The first-order chi connectivity index (χ1) is 17.7. The molecule has 186 valence electrons. The molecule has 0 radical (unpaired) electrons. The van der Waals surface area contributed by atoms with Crippen LogP contribution >= 0.6 is 0 Å². The molecular weight excluding hydrogens is 454 g/mol. The monoisotopic (exact) mass is 487 g/mol. The van der Waals surface area contributed by atoms with Gasteiger partial charge in [-0.2, -0.15) is 0 Å². The Morgan fingerprint density at radius 1 is 0.838 bits per heavy atom. The van der Waals surface area contributed by atoms with Gasteiger partial charge in [0.2, 0.25) is 0 Å². The molecule has 0 saturated carbocycles. The van der Waals surface area contributed by atoms with Crippen LogP contribution in [-0.2, 0) is 11.8 Å². The fourth-order valence-corrected chi connectivity index (χ4v) is 5.44. The van der Waals surface area contributed by atoms with Gasteiger partial charge < -0.3 is 8.83 Å². The van der Waals surface area contributed by atoms with Gasteiger partial charge in [-0.25, -0.2) is 0 Å². The van der Waals surface area contributed by atoms with Gasteiger partial charge in [0, 0.05) is 28.1 Å². The SMILES string of the molecule is Cc1c(-c2cc3ccc(CC(C)C)cc3o2)oc2c(-c3cc(C(C)(C)C)c4ccccc4c3)nccc12. The van der Waals surface area contributed by atoms with Crippen molar-refractivity contribution < 1.29 is 8.83 Å². The van der Waals surface area contributed by atoms with Gasteiger partial charge in [0.05, 0.1) is 0 Å². The van der Waals surface area contributed by atoms with Crippen molar-refractivity contribution >= 4 is 32.7 Å². The van der Waals surface area contributed by atoms with Crippen LogP contribution in [0, 0.1) is 12.8 Å². The summed E-state index contributed by atoms with van der Waals surface area (Å²) < 4.78 is 12.9.